The van der Waals surface area contributed by atoms with Crippen molar-refractivity contribution >= 4 is 23.4 Å². The highest BCUT2D eigenvalue weighted by Crippen LogP contribution is 2.23. The molecular weight excluding hydrogens is 312 g/mol. The van der Waals surface area contributed by atoms with Crippen molar-refractivity contribution in [2.45, 2.75) is 0 Å². The van der Waals surface area contributed by atoms with Gasteiger partial charge < -0.3 is 15.5 Å². The van der Waals surface area contributed by atoms with Gasteiger partial charge in [0.1, 0.15) is 0 Å². The van der Waals surface area contributed by atoms with E-state index in [2.05, 4.69) is 19.9 Å². The summed E-state index contributed by atoms with van der Waals surface area (Å²) in [5.41, 5.74) is 5.83. The maximum Gasteiger partial charge on any atom is 0.313 e. The van der Waals surface area contributed by atoms with E-state index < -0.39 is 4.92 Å². The molecule has 10 nitrogen and oxygen atoms in total. The molecule has 10 heteroatoms. The van der Waals surface area contributed by atoms with E-state index in [1.54, 1.807) is 18.5 Å². The van der Waals surface area contributed by atoms with Gasteiger partial charge in [0, 0.05) is 50.8 Å². The van der Waals surface area contributed by atoms with Gasteiger partial charge in [-0.15, -0.1) is 0 Å². The average molecular weight is 328 g/mol. The molecule has 1 fully saturated rings. The average Bonchev–Trinajstić information content (AvgIpc) is 2.63. The highest BCUT2D eigenvalue weighted by atomic mass is 16.6. The van der Waals surface area contributed by atoms with Crippen molar-refractivity contribution in [3.8, 4) is 0 Å². The number of anilines is 1. The number of nitro groups is 1. The van der Waals surface area contributed by atoms with Crippen LogP contribution in [-0.4, -0.2) is 56.9 Å². The largest absolute Gasteiger partial charge is 0.369 e. The zero-order chi connectivity index (χ0) is 16.9. The van der Waals surface area contributed by atoms with Crippen molar-refractivity contribution in [2.75, 3.05) is 31.1 Å². The van der Waals surface area contributed by atoms with E-state index in [1.807, 2.05) is 9.80 Å². The molecule has 1 aliphatic rings. The van der Waals surface area contributed by atoms with Gasteiger partial charge in [0.2, 0.25) is 11.8 Å². The molecule has 3 heterocycles. The SMILES string of the molecule is NC(=Nc1ncccc1[N+](=O)[O-])N1CCN(c2ncccn2)CC1. The van der Waals surface area contributed by atoms with Crippen molar-refractivity contribution in [3.05, 3.63) is 46.9 Å². The summed E-state index contributed by atoms with van der Waals surface area (Å²) < 4.78 is 0. The number of rotatable bonds is 3. The molecule has 0 aliphatic carbocycles. The van der Waals surface area contributed by atoms with Crippen LogP contribution in [0.1, 0.15) is 0 Å². The summed E-state index contributed by atoms with van der Waals surface area (Å²) in [6.07, 6.45) is 4.85. The molecule has 0 radical (unpaired) electrons. The van der Waals surface area contributed by atoms with E-state index in [1.165, 1.54) is 18.3 Å². The summed E-state index contributed by atoms with van der Waals surface area (Å²) >= 11 is 0. The second-order valence-electron chi connectivity index (χ2n) is 5.10. The van der Waals surface area contributed by atoms with E-state index in [0.717, 1.165) is 0 Å². The van der Waals surface area contributed by atoms with Crippen LogP contribution in [-0.2, 0) is 0 Å². The van der Waals surface area contributed by atoms with Gasteiger partial charge in [0.05, 0.1) is 4.92 Å². The van der Waals surface area contributed by atoms with E-state index in [9.17, 15) is 10.1 Å². The quantitative estimate of drug-likeness (QED) is 0.374. The topological polar surface area (TPSA) is 127 Å². The molecule has 0 spiro atoms. The molecular formula is C14H16N8O2. The van der Waals surface area contributed by atoms with Crippen LogP contribution >= 0.6 is 0 Å². The highest BCUT2D eigenvalue weighted by Gasteiger charge is 2.21. The van der Waals surface area contributed by atoms with Crippen LogP contribution in [0.25, 0.3) is 0 Å². The monoisotopic (exact) mass is 328 g/mol. The molecule has 24 heavy (non-hydrogen) atoms. The molecule has 3 rings (SSSR count). The third kappa shape index (κ3) is 3.37. The fourth-order valence-corrected chi connectivity index (χ4v) is 2.39. The van der Waals surface area contributed by atoms with Crippen LogP contribution in [0.5, 0.6) is 0 Å². The number of aliphatic imine (C=N–C) groups is 1. The fourth-order valence-electron chi connectivity index (χ4n) is 2.39. The van der Waals surface area contributed by atoms with Crippen LogP contribution < -0.4 is 10.6 Å². The number of nitrogens with two attached hydrogens (primary N) is 1. The van der Waals surface area contributed by atoms with Gasteiger partial charge in [0.15, 0.2) is 5.96 Å². The number of aromatic nitrogens is 3. The number of nitrogens with zero attached hydrogens (tertiary/aromatic N) is 7. The van der Waals surface area contributed by atoms with E-state index in [0.29, 0.717) is 32.1 Å². The van der Waals surface area contributed by atoms with E-state index in [-0.39, 0.29) is 17.5 Å². The summed E-state index contributed by atoms with van der Waals surface area (Å²) in [5, 5.41) is 11.0. The molecule has 0 aromatic carbocycles. The Labute approximate surface area is 137 Å². The highest BCUT2D eigenvalue weighted by molar-refractivity contribution is 5.82. The molecule has 2 aromatic heterocycles. The van der Waals surface area contributed by atoms with Gasteiger partial charge in [0.25, 0.3) is 0 Å². The second-order valence-corrected chi connectivity index (χ2v) is 5.10. The van der Waals surface area contributed by atoms with Crippen molar-refractivity contribution in [3.63, 3.8) is 0 Å². The maximum absolute atomic E-state index is 11.0. The Morgan fingerprint density at radius 3 is 2.46 bits per heavy atom. The Balaban J connectivity index is 1.69. The molecule has 0 atom stereocenters. The number of guanidine groups is 1. The molecule has 0 bridgehead atoms. The molecule has 1 aliphatic heterocycles. The standard InChI is InChI=1S/C14H16N8O2/c15-13(19-12-11(22(23)24)3-1-4-16-12)20-7-9-21(10-8-20)14-17-5-2-6-18-14/h1-6H,7-10H2,(H2,15,16,19). The minimum absolute atomic E-state index is 0.00817. The maximum atomic E-state index is 11.0. The first-order valence-corrected chi connectivity index (χ1v) is 7.35. The summed E-state index contributed by atoms with van der Waals surface area (Å²) in [6, 6.07) is 4.61. The molecule has 124 valence electrons. The minimum atomic E-state index is -0.524. The zero-order valence-corrected chi connectivity index (χ0v) is 12.8. The number of hydrogen-bond acceptors (Lipinski definition) is 7. The first-order valence-electron chi connectivity index (χ1n) is 7.35. The summed E-state index contributed by atoms with van der Waals surface area (Å²) in [5.74, 6) is 0.896. The molecule has 0 saturated carbocycles. The van der Waals surface area contributed by atoms with Crippen LogP contribution in [0.15, 0.2) is 41.8 Å². The Kier molecular flexibility index (Phi) is 4.45. The van der Waals surface area contributed by atoms with Crippen molar-refractivity contribution in [1.82, 2.24) is 19.9 Å². The molecule has 1 saturated heterocycles. The predicted molar refractivity (Wildman–Crippen MR) is 88.0 cm³/mol. The fraction of sp³-hybridized carbons (Fsp3) is 0.286. The third-order valence-corrected chi connectivity index (χ3v) is 3.62. The smallest absolute Gasteiger partial charge is 0.313 e. The van der Waals surface area contributed by atoms with E-state index in [4.69, 9.17) is 5.73 Å². The van der Waals surface area contributed by atoms with Crippen molar-refractivity contribution < 1.29 is 4.92 Å². The normalized spacial score (nSPS) is 15.4. The second kappa shape index (κ2) is 6.86. The van der Waals surface area contributed by atoms with Gasteiger partial charge in [-0.3, -0.25) is 10.1 Å². The molecule has 0 amide bonds. The minimum Gasteiger partial charge on any atom is -0.369 e. The number of pyridine rings is 1. The lowest BCUT2D eigenvalue weighted by Gasteiger charge is -2.35. The van der Waals surface area contributed by atoms with Crippen LogP contribution in [0.4, 0.5) is 17.5 Å². The zero-order valence-electron chi connectivity index (χ0n) is 12.8. The lowest BCUT2D eigenvalue weighted by Crippen LogP contribution is -2.51. The van der Waals surface area contributed by atoms with Crippen LogP contribution in [0.3, 0.4) is 0 Å². The first-order chi connectivity index (χ1) is 11.6. The molecule has 0 unspecified atom stereocenters. The summed E-state index contributed by atoms with van der Waals surface area (Å²) in [7, 11) is 0. The van der Waals surface area contributed by atoms with Crippen LogP contribution in [0, 0.1) is 10.1 Å². The Bertz CT molecular complexity index is 743. The molecule has 2 aromatic rings. The number of piperazine rings is 1. The van der Waals surface area contributed by atoms with Gasteiger partial charge in [-0.25, -0.2) is 15.0 Å². The van der Waals surface area contributed by atoms with Crippen LogP contribution in [0.2, 0.25) is 0 Å². The Hall–Kier alpha value is -3.30. The lowest BCUT2D eigenvalue weighted by atomic mass is 10.3. The summed E-state index contributed by atoms with van der Waals surface area (Å²) in [4.78, 5) is 30.9. The van der Waals surface area contributed by atoms with Crippen molar-refractivity contribution in [1.29, 1.82) is 0 Å². The molecule has 2 N–H and O–H groups in total. The third-order valence-electron chi connectivity index (χ3n) is 3.62. The van der Waals surface area contributed by atoms with Crippen molar-refractivity contribution in [2.24, 2.45) is 10.7 Å². The Morgan fingerprint density at radius 2 is 1.79 bits per heavy atom. The first kappa shape index (κ1) is 15.6. The van der Waals surface area contributed by atoms with Gasteiger partial charge in [-0.2, -0.15) is 4.99 Å². The predicted octanol–water partition coefficient (Wildman–Crippen LogP) is 0.548. The van der Waals surface area contributed by atoms with Gasteiger partial charge in [-0.05, 0) is 12.1 Å². The van der Waals surface area contributed by atoms with Gasteiger partial charge >= 0.3 is 5.69 Å². The Morgan fingerprint density at radius 1 is 1.12 bits per heavy atom. The van der Waals surface area contributed by atoms with E-state index >= 15 is 0 Å². The van der Waals surface area contributed by atoms with Gasteiger partial charge in [-0.1, -0.05) is 0 Å². The number of hydrogen-bond donors (Lipinski definition) is 1. The summed E-state index contributed by atoms with van der Waals surface area (Å²) in [6.45, 7) is 2.61. The lowest BCUT2D eigenvalue weighted by molar-refractivity contribution is -0.384.